The zero-order valence-electron chi connectivity index (χ0n) is 17.3. The SMILES string of the molecule is O=C(O)c1c2c(nc3ccccc13)C(=Cc1ccccc1Cl)CN(Cc1ccccc1)C2. The van der Waals surface area contributed by atoms with Crippen molar-refractivity contribution in [3.05, 3.63) is 112 Å². The van der Waals surface area contributed by atoms with E-state index in [0.29, 0.717) is 41.1 Å². The summed E-state index contributed by atoms with van der Waals surface area (Å²) in [5, 5.41) is 11.5. The van der Waals surface area contributed by atoms with Crippen LogP contribution in [0.15, 0.2) is 78.9 Å². The van der Waals surface area contributed by atoms with Crippen molar-refractivity contribution in [2.24, 2.45) is 0 Å². The molecule has 1 N–H and O–H groups in total. The standard InChI is InChI=1S/C27H21ClN2O2/c28-23-12-6-4-10-19(23)14-20-16-30(15-18-8-2-1-3-9-18)17-22-25(27(31)32)21-11-5-7-13-24(21)29-26(20)22/h1-14H,15-17H2,(H,31,32). The van der Waals surface area contributed by atoms with Gasteiger partial charge in [-0.05, 0) is 34.9 Å². The van der Waals surface area contributed by atoms with Crippen LogP contribution in [-0.2, 0) is 13.1 Å². The third kappa shape index (κ3) is 3.91. The molecule has 32 heavy (non-hydrogen) atoms. The van der Waals surface area contributed by atoms with Crippen LogP contribution >= 0.6 is 11.6 Å². The number of fused-ring (bicyclic) bond motifs is 2. The van der Waals surface area contributed by atoms with E-state index in [1.807, 2.05) is 72.8 Å². The number of halogens is 1. The second kappa shape index (κ2) is 8.58. The number of rotatable bonds is 4. The molecule has 0 saturated heterocycles. The van der Waals surface area contributed by atoms with Gasteiger partial charge in [0, 0.05) is 35.6 Å². The summed E-state index contributed by atoms with van der Waals surface area (Å²) in [6.07, 6.45) is 2.03. The summed E-state index contributed by atoms with van der Waals surface area (Å²) in [5.74, 6) is -0.932. The van der Waals surface area contributed by atoms with Crippen molar-refractivity contribution in [3.8, 4) is 0 Å². The fourth-order valence-electron chi connectivity index (χ4n) is 4.36. The molecule has 0 saturated carbocycles. The highest BCUT2D eigenvalue weighted by Gasteiger charge is 2.28. The van der Waals surface area contributed by atoms with Gasteiger partial charge >= 0.3 is 5.97 Å². The summed E-state index contributed by atoms with van der Waals surface area (Å²) in [6, 6.07) is 25.3. The van der Waals surface area contributed by atoms with E-state index in [1.165, 1.54) is 5.56 Å². The molecule has 1 aromatic heterocycles. The topological polar surface area (TPSA) is 53.4 Å². The Bertz CT molecular complexity index is 1350. The third-order valence-corrected chi connectivity index (χ3v) is 6.12. The van der Waals surface area contributed by atoms with Crippen molar-refractivity contribution in [2.45, 2.75) is 13.1 Å². The molecule has 0 atom stereocenters. The van der Waals surface area contributed by atoms with E-state index in [1.54, 1.807) is 0 Å². The van der Waals surface area contributed by atoms with Crippen LogP contribution in [0, 0.1) is 0 Å². The lowest BCUT2D eigenvalue weighted by Gasteiger charge is -2.31. The second-order valence-corrected chi connectivity index (χ2v) is 8.37. The molecule has 0 fully saturated rings. The molecule has 0 radical (unpaired) electrons. The number of nitrogens with zero attached hydrogens (tertiary/aromatic N) is 2. The van der Waals surface area contributed by atoms with Gasteiger partial charge in [-0.2, -0.15) is 0 Å². The van der Waals surface area contributed by atoms with Crippen LogP contribution in [0.2, 0.25) is 5.02 Å². The van der Waals surface area contributed by atoms with E-state index in [-0.39, 0.29) is 0 Å². The zero-order chi connectivity index (χ0) is 22.1. The normalized spacial score (nSPS) is 15.1. The van der Waals surface area contributed by atoms with Crippen molar-refractivity contribution < 1.29 is 9.90 Å². The number of aromatic nitrogens is 1. The number of aromatic carboxylic acids is 1. The number of hydrogen-bond donors (Lipinski definition) is 1. The Morgan fingerprint density at radius 3 is 2.47 bits per heavy atom. The van der Waals surface area contributed by atoms with Crippen LogP contribution in [0.25, 0.3) is 22.6 Å². The van der Waals surface area contributed by atoms with E-state index in [2.05, 4.69) is 17.0 Å². The van der Waals surface area contributed by atoms with E-state index in [9.17, 15) is 9.90 Å². The predicted molar refractivity (Wildman–Crippen MR) is 129 cm³/mol. The quantitative estimate of drug-likeness (QED) is 0.414. The number of hydrogen-bond acceptors (Lipinski definition) is 3. The molecule has 4 nitrogen and oxygen atoms in total. The Kier molecular flexibility index (Phi) is 5.48. The van der Waals surface area contributed by atoms with Gasteiger partial charge in [-0.3, -0.25) is 4.90 Å². The minimum absolute atomic E-state index is 0.327. The molecular formula is C27H21ClN2O2. The Balaban J connectivity index is 1.70. The lowest BCUT2D eigenvalue weighted by molar-refractivity contribution is 0.0696. The molecule has 5 rings (SSSR count). The Labute approximate surface area is 191 Å². The van der Waals surface area contributed by atoms with Gasteiger partial charge in [0.1, 0.15) is 0 Å². The lowest BCUT2D eigenvalue weighted by atomic mass is 9.91. The van der Waals surface area contributed by atoms with Gasteiger partial charge in [0.2, 0.25) is 0 Å². The third-order valence-electron chi connectivity index (χ3n) is 5.77. The summed E-state index contributed by atoms with van der Waals surface area (Å²) in [6.45, 7) is 1.88. The predicted octanol–water partition coefficient (Wildman–Crippen LogP) is 6.14. The number of carboxylic acids is 1. The monoisotopic (exact) mass is 440 g/mol. The fourth-order valence-corrected chi connectivity index (χ4v) is 4.55. The highest BCUT2D eigenvalue weighted by atomic mass is 35.5. The number of carbonyl (C=O) groups is 1. The average molecular weight is 441 g/mol. The first-order valence-corrected chi connectivity index (χ1v) is 10.8. The Hall–Kier alpha value is -3.47. The molecule has 3 aromatic carbocycles. The molecule has 4 aromatic rings. The maximum absolute atomic E-state index is 12.4. The number of benzene rings is 3. The van der Waals surface area contributed by atoms with Crippen LogP contribution in [-0.4, -0.2) is 27.5 Å². The van der Waals surface area contributed by atoms with Crippen molar-refractivity contribution in [3.63, 3.8) is 0 Å². The largest absolute Gasteiger partial charge is 0.478 e. The number of pyridine rings is 1. The molecule has 1 aliphatic heterocycles. The van der Waals surface area contributed by atoms with E-state index >= 15 is 0 Å². The summed E-state index contributed by atoms with van der Waals surface area (Å²) in [4.78, 5) is 19.5. The first kappa shape index (κ1) is 20.4. The summed E-state index contributed by atoms with van der Waals surface area (Å²) < 4.78 is 0. The van der Waals surface area contributed by atoms with Gasteiger partial charge in [0.25, 0.3) is 0 Å². The molecule has 0 amide bonds. The number of carboxylic acid groups (broad SMARTS) is 1. The highest BCUT2D eigenvalue weighted by molar-refractivity contribution is 6.32. The van der Waals surface area contributed by atoms with Crippen molar-refractivity contribution in [2.75, 3.05) is 6.54 Å². The van der Waals surface area contributed by atoms with Crippen molar-refractivity contribution in [1.29, 1.82) is 0 Å². The van der Waals surface area contributed by atoms with Crippen LogP contribution in [0.5, 0.6) is 0 Å². The minimum atomic E-state index is -0.932. The molecule has 0 aliphatic carbocycles. The molecule has 0 bridgehead atoms. The van der Waals surface area contributed by atoms with E-state index < -0.39 is 5.97 Å². The van der Waals surface area contributed by atoms with Crippen molar-refractivity contribution >= 4 is 40.1 Å². The maximum Gasteiger partial charge on any atom is 0.336 e. The fraction of sp³-hybridized carbons (Fsp3) is 0.111. The van der Waals surface area contributed by atoms with Gasteiger partial charge in [0.15, 0.2) is 0 Å². The van der Waals surface area contributed by atoms with Crippen LogP contribution in [0.3, 0.4) is 0 Å². The number of para-hydroxylation sites is 1. The average Bonchev–Trinajstić information content (AvgIpc) is 2.80. The van der Waals surface area contributed by atoms with Crippen LogP contribution in [0.1, 0.15) is 32.7 Å². The highest BCUT2D eigenvalue weighted by Crippen LogP contribution is 2.35. The van der Waals surface area contributed by atoms with Crippen LogP contribution < -0.4 is 0 Å². The molecule has 0 spiro atoms. The molecule has 5 heteroatoms. The smallest absolute Gasteiger partial charge is 0.336 e. The maximum atomic E-state index is 12.4. The zero-order valence-corrected chi connectivity index (χ0v) is 18.1. The molecule has 1 aliphatic rings. The van der Waals surface area contributed by atoms with Gasteiger partial charge in [-0.15, -0.1) is 0 Å². The molecule has 0 unspecified atom stereocenters. The van der Waals surface area contributed by atoms with Gasteiger partial charge in [-0.1, -0.05) is 78.3 Å². The lowest BCUT2D eigenvalue weighted by Crippen LogP contribution is -2.31. The van der Waals surface area contributed by atoms with Crippen molar-refractivity contribution in [1.82, 2.24) is 9.88 Å². The van der Waals surface area contributed by atoms with E-state index in [0.717, 1.165) is 22.4 Å². The van der Waals surface area contributed by atoms with Crippen LogP contribution in [0.4, 0.5) is 0 Å². The van der Waals surface area contributed by atoms with Gasteiger partial charge < -0.3 is 5.11 Å². The summed E-state index contributed by atoms with van der Waals surface area (Å²) in [5.41, 5.74) is 5.53. The Morgan fingerprint density at radius 2 is 1.69 bits per heavy atom. The minimum Gasteiger partial charge on any atom is -0.478 e. The molecule has 2 heterocycles. The van der Waals surface area contributed by atoms with Gasteiger partial charge in [0.05, 0.1) is 16.8 Å². The molecular weight excluding hydrogens is 420 g/mol. The second-order valence-electron chi connectivity index (χ2n) is 7.96. The molecule has 158 valence electrons. The van der Waals surface area contributed by atoms with Gasteiger partial charge in [-0.25, -0.2) is 9.78 Å². The first-order valence-electron chi connectivity index (χ1n) is 10.5. The first-order chi connectivity index (χ1) is 15.6. The Morgan fingerprint density at radius 1 is 0.969 bits per heavy atom. The van der Waals surface area contributed by atoms with E-state index in [4.69, 9.17) is 16.6 Å². The summed E-state index contributed by atoms with van der Waals surface area (Å²) >= 11 is 6.44. The summed E-state index contributed by atoms with van der Waals surface area (Å²) in [7, 11) is 0.